The highest BCUT2D eigenvalue weighted by atomic mass is 16.4. The first-order valence-electron chi connectivity index (χ1n) is 7.00. The summed E-state index contributed by atoms with van der Waals surface area (Å²) in [6.45, 7) is 0.361. The largest absolute Gasteiger partial charge is 0.550 e. The van der Waals surface area contributed by atoms with Crippen LogP contribution in [0.15, 0.2) is 0 Å². The fourth-order valence-corrected chi connectivity index (χ4v) is 1.05. The molecule has 0 spiro atoms. The number of hydrogen-bond acceptors (Lipinski definition) is 7. The van der Waals surface area contributed by atoms with E-state index in [2.05, 4.69) is 0 Å². The van der Waals surface area contributed by atoms with Gasteiger partial charge in [0.2, 0.25) is 0 Å². The van der Waals surface area contributed by atoms with Gasteiger partial charge in [-0.2, -0.15) is 0 Å². The second-order valence-corrected chi connectivity index (χ2v) is 7.10. The van der Waals surface area contributed by atoms with Crippen LogP contribution in [0, 0.1) is 0 Å². The molecule has 1 atom stereocenters. The molecular formula is C14H28N2O9. The molecule has 0 heterocycles. The van der Waals surface area contributed by atoms with E-state index in [-0.39, 0.29) is 13.1 Å². The predicted octanol–water partition coefficient (Wildman–Crippen LogP) is -4.21. The van der Waals surface area contributed by atoms with Crippen LogP contribution in [-0.2, 0) is 19.2 Å². The van der Waals surface area contributed by atoms with Crippen LogP contribution in [0.1, 0.15) is 6.42 Å². The minimum absolute atomic E-state index is 0.181. The monoisotopic (exact) mass is 368 g/mol. The van der Waals surface area contributed by atoms with Crippen molar-refractivity contribution in [2.75, 3.05) is 55.4 Å². The normalized spacial score (nSPS) is 11.8. The maximum Gasteiger partial charge on any atom is 0.359 e. The molecule has 3 N–H and O–H groups in total. The predicted molar refractivity (Wildman–Crippen MR) is 81.7 cm³/mol. The molecule has 0 saturated heterocycles. The third-order valence-electron chi connectivity index (χ3n) is 1.85. The van der Waals surface area contributed by atoms with Gasteiger partial charge in [0, 0.05) is 12.4 Å². The van der Waals surface area contributed by atoms with Gasteiger partial charge < -0.3 is 44.1 Å². The number of aliphatic hydroxyl groups excluding tert-OH is 1. The van der Waals surface area contributed by atoms with E-state index in [0.29, 0.717) is 8.97 Å². The van der Waals surface area contributed by atoms with Crippen molar-refractivity contribution in [1.29, 1.82) is 0 Å². The highest BCUT2D eigenvalue weighted by Gasteiger charge is 2.11. The third kappa shape index (κ3) is 34.2. The lowest BCUT2D eigenvalue weighted by Crippen LogP contribution is -2.39. The maximum absolute atomic E-state index is 10.00. The van der Waals surface area contributed by atoms with Crippen molar-refractivity contribution in [2.24, 2.45) is 0 Å². The minimum Gasteiger partial charge on any atom is -0.550 e. The van der Waals surface area contributed by atoms with E-state index in [1.165, 1.54) is 0 Å². The molecular weight excluding hydrogens is 340 g/mol. The summed E-state index contributed by atoms with van der Waals surface area (Å²) in [5, 5.41) is 43.8. The number of likely N-dealkylation sites (N-methyl/N-ethyl adjacent to an activating group) is 2. The summed E-state index contributed by atoms with van der Waals surface area (Å²) in [5.74, 6) is -4.93. The molecule has 11 nitrogen and oxygen atoms in total. The Morgan fingerprint density at radius 2 is 1.08 bits per heavy atom. The smallest absolute Gasteiger partial charge is 0.359 e. The number of nitrogens with zero attached hydrogens (tertiary/aromatic N) is 2. The molecule has 148 valence electrons. The molecule has 0 aromatic rings. The lowest BCUT2D eigenvalue weighted by atomic mass is 10.3. The summed E-state index contributed by atoms with van der Waals surface area (Å²) >= 11 is 0. The van der Waals surface area contributed by atoms with Crippen molar-refractivity contribution in [1.82, 2.24) is 0 Å². The van der Waals surface area contributed by atoms with E-state index in [1.807, 2.05) is 42.3 Å². The first-order valence-corrected chi connectivity index (χ1v) is 7.00. The van der Waals surface area contributed by atoms with Crippen LogP contribution in [0.3, 0.4) is 0 Å². The van der Waals surface area contributed by atoms with Crippen LogP contribution in [0.2, 0.25) is 0 Å². The Balaban J connectivity index is -0.000000291. The van der Waals surface area contributed by atoms with Gasteiger partial charge in [-0.25, -0.2) is 9.59 Å². The Morgan fingerprint density at radius 1 is 0.800 bits per heavy atom. The number of aliphatic hydroxyl groups is 1. The molecule has 0 aromatic carbocycles. The van der Waals surface area contributed by atoms with Gasteiger partial charge in [-0.1, -0.05) is 0 Å². The standard InChI is InChI=1S/2C5H11NO2.C4H6O5/c2*1-6(2,3)4-5(7)8;5-2(4(8)9)1-3(6)7/h2*4H2,1-3H3;2,5H,1H2,(H,6,7)(H,8,9). The first-order chi connectivity index (χ1) is 10.9. The van der Waals surface area contributed by atoms with Gasteiger partial charge in [0.05, 0.1) is 54.4 Å². The highest BCUT2D eigenvalue weighted by Crippen LogP contribution is 1.87. The van der Waals surface area contributed by atoms with E-state index in [0.717, 1.165) is 0 Å². The van der Waals surface area contributed by atoms with Gasteiger partial charge in [-0.3, -0.25) is 0 Å². The molecule has 0 aliphatic heterocycles. The number of rotatable bonds is 7. The summed E-state index contributed by atoms with van der Waals surface area (Å²) in [7, 11) is 11.0. The average molecular weight is 368 g/mol. The fraction of sp³-hybridized carbons (Fsp3) is 0.714. The number of carboxylic acid groups (broad SMARTS) is 4. The van der Waals surface area contributed by atoms with E-state index in [1.54, 1.807) is 0 Å². The third-order valence-corrected chi connectivity index (χ3v) is 1.85. The van der Waals surface area contributed by atoms with Crippen molar-refractivity contribution in [2.45, 2.75) is 12.5 Å². The summed E-state index contributed by atoms with van der Waals surface area (Å²) < 4.78 is 0.963. The molecule has 11 heteroatoms. The first kappa shape index (κ1) is 27.6. The summed E-state index contributed by atoms with van der Waals surface area (Å²) in [4.78, 5) is 39.1. The van der Waals surface area contributed by atoms with Crippen LogP contribution >= 0.6 is 0 Å². The lowest BCUT2D eigenvalue weighted by molar-refractivity contribution is -0.862. The molecule has 0 rings (SSSR count). The van der Waals surface area contributed by atoms with Gasteiger partial charge in [-0.05, 0) is 0 Å². The highest BCUT2D eigenvalue weighted by molar-refractivity contribution is 5.77. The lowest BCUT2D eigenvalue weighted by Gasteiger charge is -2.20. The second kappa shape index (κ2) is 12.2. The Kier molecular flexibility index (Phi) is 13.4. The van der Waals surface area contributed by atoms with Crippen molar-refractivity contribution in [3.63, 3.8) is 0 Å². The Hall–Kier alpha value is -2.24. The zero-order valence-electron chi connectivity index (χ0n) is 15.4. The van der Waals surface area contributed by atoms with Crippen LogP contribution in [-0.4, -0.2) is 110 Å². The molecule has 1 unspecified atom stereocenters. The molecule has 0 aliphatic rings. The summed E-state index contributed by atoms with van der Waals surface area (Å²) in [6, 6.07) is 0. The number of carbonyl (C=O) groups is 4. The average Bonchev–Trinajstić information content (AvgIpc) is 2.21. The Morgan fingerprint density at radius 3 is 1.12 bits per heavy atom. The van der Waals surface area contributed by atoms with Crippen molar-refractivity contribution in [3.05, 3.63) is 0 Å². The van der Waals surface area contributed by atoms with Gasteiger partial charge in [0.25, 0.3) is 0 Å². The van der Waals surface area contributed by atoms with Crippen LogP contribution in [0.25, 0.3) is 0 Å². The summed E-state index contributed by atoms with van der Waals surface area (Å²) in [5.41, 5.74) is 0. The van der Waals surface area contributed by atoms with Crippen LogP contribution < -0.4 is 10.2 Å². The molecule has 0 saturated carbocycles. The molecule has 0 radical (unpaired) electrons. The summed E-state index contributed by atoms with van der Waals surface area (Å²) in [6.07, 6.45) is -2.89. The van der Waals surface area contributed by atoms with Crippen molar-refractivity contribution in [3.8, 4) is 0 Å². The van der Waals surface area contributed by atoms with Gasteiger partial charge in [-0.15, -0.1) is 0 Å². The maximum atomic E-state index is 10.00. The molecule has 0 aromatic heterocycles. The van der Waals surface area contributed by atoms with E-state index >= 15 is 0 Å². The molecule has 0 amide bonds. The topological polar surface area (TPSA) is 175 Å². The van der Waals surface area contributed by atoms with Gasteiger partial charge in [0.1, 0.15) is 0 Å². The van der Waals surface area contributed by atoms with E-state index in [9.17, 15) is 29.4 Å². The Bertz CT molecular complexity index is 424. The number of quaternary nitrogens is 2. The van der Waals surface area contributed by atoms with Crippen LogP contribution in [0.4, 0.5) is 0 Å². The SMILES string of the molecule is C[N+](C)(C)CC(=O)O.C[N+](C)(C)CC(=O)O.O=C([O-])CC(O)C(=O)[O-]. The van der Waals surface area contributed by atoms with Gasteiger partial charge in [0.15, 0.2) is 13.1 Å². The number of carboxylic acids is 4. The quantitative estimate of drug-likeness (QED) is 0.376. The van der Waals surface area contributed by atoms with Gasteiger partial charge >= 0.3 is 11.9 Å². The van der Waals surface area contributed by atoms with E-state index in [4.69, 9.17) is 15.3 Å². The van der Waals surface area contributed by atoms with Crippen molar-refractivity contribution >= 4 is 23.9 Å². The molecule has 0 aliphatic carbocycles. The number of aliphatic carboxylic acids is 4. The molecule has 0 fully saturated rings. The number of hydrogen-bond donors (Lipinski definition) is 3. The van der Waals surface area contributed by atoms with Crippen molar-refractivity contribution < 1.29 is 53.7 Å². The minimum atomic E-state index is -1.96. The molecule has 25 heavy (non-hydrogen) atoms. The second-order valence-electron chi connectivity index (χ2n) is 7.10. The number of carbonyl (C=O) groups excluding carboxylic acids is 2. The van der Waals surface area contributed by atoms with Crippen LogP contribution in [0.5, 0.6) is 0 Å². The van der Waals surface area contributed by atoms with E-state index < -0.39 is 36.4 Å². The zero-order chi connectivity index (χ0) is 21.0. The fourth-order valence-electron chi connectivity index (χ4n) is 1.05. The molecule has 0 bridgehead atoms. The zero-order valence-corrected chi connectivity index (χ0v) is 15.4. The Labute approximate surface area is 146 Å².